The van der Waals surface area contributed by atoms with Gasteiger partial charge in [-0.25, -0.2) is 4.39 Å². The van der Waals surface area contributed by atoms with Crippen LogP contribution in [0.15, 0.2) is 28.7 Å². The summed E-state index contributed by atoms with van der Waals surface area (Å²) in [6.45, 7) is 3.51. The predicted octanol–water partition coefficient (Wildman–Crippen LogP) is 3.97. The van der Waals surface area contributed by atoms with Gasteiger partial charge in [0.05, 0.1) is 6.61 Å². The van der Waals surface area contributed by atoms with Crippen molar-refractivity contribution >= 4 is 15.9 Å². The van der Waals surface area contributed by atoms with Gasteiger partial charge in [-0.05, 0) is 38.1 Å². The minimum atomic E-state index is -1.16. The van der Waals surface area contributed by atoms with E-state index in [0.717, 1.165) is 10.2 Å². The van der Waals surface area contributed by atoms with Crippen LogP contribution in [0.3, 0.4) is 0 Å². The maximum absolute atomic E-state index is 13.1. The van der Waals surface area contributed by atoms with Crippen molar-refractivity contribution in [3.05, 3.63) is 28.7 Å². The topological polar surface area (TPSA) is 9.23 Å². The molecule has 1 rings (SSSR count). The van der Waals surface area contributed by atoms with Crippen LogP contribution in [0.5, 0.6) is 5.75 Å². The molecule has 78 valence electrons. The first-order valence-electron chi connectivity index (χ1n) is 4.55. The molecule has 0 saturated carbocycles. The molecular formula is C11H14BrFO. The second-order valence-corrected chi connectivity index (χ2v) is 4.69. The Balaban J connectivity index is 2.35. The lowest BCUT2D eigenvalue weighted by molar-refractivity contribution is 0.161. The van der Waals surface area contributed by atoms with E-state index in [0.29, 0.717) is 13.0 Å². The van der Waals surface area contributed by atoms with E-state index in [9.17, 15) is 4.39 Å². The molecule has 0 aliphatic rings. The van der Waals surface area contributed by atoms with Gasteiger partial charge in [-0.2, -0.15) is 0 Å². The van der Waals surface area contributed by atoms with E-state index in [-0.39, 0.29) is 0 Å². The van der Waals surface area contributed by atoms with Crippen molar-refractivity contribution in [1.29, 1.82) is 0 Å². The third-order valence-electron chi connectivity index (χ3n) is 1.78. The summed E-state index contributed by atoms with van der Waals surface area (Å²) in [7, 11) is 0. The number of rotatable bonds is 4. The number of alkyl halides is 1. The van der Waals surface area contributed by atoms with Crippen LogP contribution < -0.4 is 4.74 Å². The summed E-state index contributed by atoms with van der Waals surface area (Å²) in [5.41, 5.74) is -1.16. The van der Waals surface area contributed by atoms with E-state index in [4.69, 9.17) is 4.74 Å². The maximum atomic E-state index is 13.1. The number of benzene rings is 1. The summed E-state index contributed by atoms with van der Waals surface area (Å²) in [6.07, 6.45) is 0.406. The van der Waals surface area contributed by atoms with Gasteiger partial charge in [0.1, 0.15) is 11.4 Å². The van der Waals surface area contributed by atoms with Crippen molar-refractivity contribution in [2.24, 2.45) is 0 Å². The molecule has 0 radical (unpaired) electrons. The Hall–Kier alpha value is -0.570. The Morgan fingerprint density at radius 2 is 1.86 bits per heavy atom. The highest BCUT2D eigenvalue weighted by molar-refractivity contribution is 9.10. The van der Waals surface area contributed by atoms with Crippen LogP contribution in [0, 0.1) is 0 Å². The third kappa shape index (κ3) is 4.61. The molecule has 0 spiro atoms. The van der Waals surface area contributed by atoms with Gasteiger partial charge in [-0.1, -0.05) is 15.9 Å². The van der Waals surface area contributed by atoms with E-state index in [2.05, 4.69) is 15.9 Å². The smallest absolute Gasteiger partial charge is 0.119 e. The van der Waals surface area contributed by atoms with Crippen molar-refractivity contribution in [3.63, 3.8) is 0 Å². The number of hydrogen-bond donors (Lipinski definition) is 0. The fourth-order valence-electron chi connectivity index (χ4n) is 0.942. The molecule has 3 heteroatoms. The van der Waals surface area contributed by atoms with Crippen LogP contribution in [0.2, 0.25) is 0 Å². The average Bonchev–Trinajstić information content (AvgIpc) is 2.06. The Labute approximate surface area is 92.4 Å². The maximum Gasteiger partial charge on any atom is 0.119 e. The predicted molar refractivity (Wildman–Crippen MR) is 59.4 cm³/mol. The van der Waals surface area contributed by atoms with Gasteiger partial charge in [0.25, 0.3) is 0 Å². The number of hydrogen-bond acceptors (Lipinski definition) is 1. The fourth-order valence-corrected chi connectivity index (χ4v) is 1.21. The van der Waals surface area contributed by atoms with E-state index in [1.165, 1.54) is 0 Å². The first kappa shape index (κ1) is 11.5. The van der Waals surface area contributed by atoms with Crippen LogP contribution in [0.1, 0.15) is 20.3 Å². The van der Waals surface area contributed by atoms with Crippen molar-refractivity contribution in [2.45, 2.75) is 25.9 Å². The van der Waals surface area contributed by atoms with E-state index in [1.807, 2.05) is 24.3 Å². The Kier molecular flexibility index (Phi) is 3.93. The molecule has 0 unspecified atom stereocenters. The second-order valence-electron chi connectivity index (χ2n) is 3.77. The quantitative estimate of drug-likeness (QED) is 0.796. The Morgan fingerprint density at radius 1 is 1.29 bits per heavy atom. The van der Waals surface area contributed by atoms with Crippen LogP contribution in [-0.2, 0) is 0 Å². The summed E-state index contributed by atoms with van der Waals surface area (Å²) in [5, 5.41) is 0. The summed E-state index contributed by atoms with van der Waals surface area (Å²) < 4.78 is 19.5. The summed E-state index contributed by atoms with van der Waals surface area (Å²) >= 11 is 3.33. The van der Waals surface area contributed by atoms with Gasteiger partial charge in [0, 0.05) is 10.9 Å². The average molecular weight is 261 g/mol. The van der Waals surface area contributed by atoms with Gasteiger partial charge in [-0.3, -0.25) is 0 Å². The van der Waals surface area contributed by atoms with E-state index in [1.54, 1.807) is 13.8 Å². The molecule has 0 bridgehead atoms. The summed E-state index contributed by atoms with van der Waals surface area (Å²) in [4.78, 5) is 0. The standard InChI is InChI=1S/C11H14BrFO/c1-11(2,13)7-8-14-10-5-3-9(12)4-6-10/h3-6H,7-8H2,1-2H3. The van der Waals surface area contributed by atoms with Gasteiger partial charge in [0.2, 0.25) is 0 Å². The lowest BCUT2D eigenvalue weighted by atomic mass is 10.1. The van der Waals surface area contributed by atoms with Crippen molar-refractivity contribution in [1.82, 2.24) is 0 Å². The molecule has 0 atom stereocenters. The zero-order chi connectivity index (χ0) is 10.6. The van der Waals surface area contributed by atoms with Crippen molar-refractivity contribution in [3.8, 4) is 5.75 Å². The Morgan fingerprint density at radius 3 is 2.36 bits per heavy atom. The number of ether oxygens (including phenoxy) is 1. The molecule has 1 aromatic carbocycles. The molecule has 0 fully saturated rings. The van der Waals surface area contributed by atoms with Crippen LogP contribution in [0.25, 0.3) is 0 Å². The van der Waals surface area contributed by atoms with Crippen LogP contribution in [0.4, 0.5) is 4.39 Å². The molecule has 0 aliphatic carbocycles. The molecule has 0 heterocycles. The highest BCUT2D eigenvalue weighted by Crippen LogP contribution is 2.18. The molecule has 0 N–H and O–H groups in total. The van der Waals surface area contributed by atoms with Crippen molar-refractivity contribution in [2.75, 3.05) is 6.61 Å². The summed E-state index contributed by atoms with van der Waals surface area (Å²) in [6, 6.07) is 7.51. The molecule has 1 aromatic rings. The third-order valence-corrected chi connectivity index (χ3v) is 2.31. The normalized spacial score (nSPS) is 11.4. The molecule has 0 saturated heterocycles. The van der Waals surface area contributed by atoms with Crippen molar-refractivity contribution < 1.29 is 9.13 Å². The second kappa shape index (κ2) is 4.78. The SMILES string of the molecule is CC(C)(F)CCOc1ccc(Br)cc1. The lowest BCUT2D eigenvalue weighted by Crippen LogP contribution is -2.16. The molecule has 0 amide bonds. The summed E-state index contributed by atoms with van der Waals surface area (Å²) in [5.74, 6) is 0.775. The highest BCUT2D eigenvalue weighted by Gasteiger charge is 2.14. The largest absolute Gasteiger partial charge is 0.493 e. The van der Waals surface area contributed by atoms with Crippen LogP contribution in [-0.4, -0.2) is 12.3 Å². The van der Waals surface area contributed by atoms with E-state index >= 15 is 0 Å². The highest BCUT2D eigenvalue weighted by atomic mass is 79.9. The van der Waals surface area contributed by atoms with Gasteiger partial charge in [-0.15, -0.1) is 0 Å². The zero-order valence-corrected chi connectivity index (χ0v) is 9.97. The van der Waals surface area contributed by atoms with Crippen LogP contribution >= 0.6 is 15.9 Å². The lowest BCUT2D eigenvalue weighted by Gasteiger charge is -2.14. The molecule has 14 heavy (non-hydrogen) atoms. The first-order valence-corrected chi connectivity index (χ1v) is 5.34. The first-order chi connectivity index (χ1) is 6.47. The molecule has 1 nitrogen and oxygen atoms in total. The number of halogens is 2. The molecule has 0 aromatic heterocycles. The van der Waals surface area contributed by atoms with E-state index < -0.39 is 5.67 Å². The fraction of sp³-hybridized carbons (Fsp3) is 0.455. The monoisotopic (exact) mass is 260 g/mol. The minimum Gasteiger partial charge on any atom is -0.493 e. The van der Waals surface area contributed by atoms with Gasteiger partial charge in [0.15, 0.2) is 0 Å². The Bertz CT molecular complexity index is 276. The minimum absolute atomic E-state index is 0.406. The van der Waals surface area contributed by atoms with Gasteiger partial charge < -0.3 is 4.74 Å². The molecule has 0 aliphatic heterocycles. The molecular weight excluding hydrogens is 247 g/mol. The zero-order valence-electron chi connectivity index (χ0n) is 8.39. The van der Waals surface area contributed by atoms with Gasteiger partial charge >= 0.3 is 0 Å².